The molecule has 1 heterocycles. The summed E-state index contributed by atoms with van der Waals surface area (Å²) < 4.78 is 5.14. The summed E-state index contributed by atoms with van der Waals surface area (Å²) in [7, 11) is 0. The first-order valence-corrected chi connectivity index (χ1v) is 9.80. The van der Waals surface area contributed by atoms with Crippen LogP contribution in [0.5, 0.6) is 0 Å². The van der Waals surface area contributed by atoms with Crippen molar-refractivity contribution in [2.45, 2.75) is 26.3 Å². The number of anilines is 1. The van der Waals surface area contributed by atoms with Gasteiger partial charge in [-0.15, -0.1) is 0 Å². The molecule has 0 saturated carbocycles. The molecule has 29 heavy (non-hydrogen) atoms. The summed E-state index contributed by atoms with van der Waals surface area (Å²) in [4.78, 5) is 38.3. The molecule has 1 fully saturated rings. The van der Waals surface area contributed by atoms with Gasteiger partial charge in [0.25, 0.3) is 5.91 Å². The van der Waals surface area contributed by atoms with E-state index in [1.165, 1.54) is 4.90 Å². The van der Waals surface area contributed by atoms with Crippen molar-refractivity contribution >= 4 is 35.1 Å². The number of hydrogen-bond acceptors (Lipinski definition) is 4. The van der Waals surface area contributed by atoms with Gasteiger partial charge < -0.3 is 15.0 Å². The SMILES string of the molecule is Cc1ccc(N2C[C@H](C(=O)OCC(=O)N[C@@H](C)c3ccccc3)CC2=O)cc1Cl. The molecule has 1 aliphatic heterocycles. The van der Waals surface area contributed by atoms with Crippen molar-refractivity contribution in [1.29, 1.82) is 0 Å². The van der Waals surface area contributed by atoms with Crippen molar-refractivity contribution in [1.82, 2.24) is 5.32 Å². The number of nitrogens with one attached hydrogen (secondary N) is 1. The number of amides is 2. The Hall–Kier alpha value is -2.86. The van der Waals surface area contributed by atoms with Crippen molar-refractivity contribution in [3.05, 3.63) is 64.7 Å². The van der Waals surface area contributed by atoms with Gasteiger partial charge in [-0.3, -0.25) is 14.4 Å². The number of benzene rings is 2. The van der Waals surface area contributed by atoms with Crippen LogP contribution in [-0.4, -0.2) is 30.9 Å². The zero-order valence-electron chi connectivity index (χ0n) is 16.4. The van der Waals surface area contributed by atoms with Crippen LogP contribution in [0.25, 0.3) is 0 Å². The fraction of sp³-hybridized carbons (Fsp3) is 0.318. The summed E-state index contributed by atoms with van der Waals surface area (Å²) >= 11 is 6.14. The Morgan fingerprint density at radius 1 is 1.24 bits per heavy atom. The Kier molecular flexibility index (Phi) is 6.54. The van der Waals surface area contributed by atoms with E-state index in [-0.39, 0.29) is 37.4 Å². The summed E-state index contributed by atoms with van der Waals surface area (Å²) in [6.07, 6.45) is 0.0480. The highest BCUT2D eigenvalue weighted by Crippen LogP contribution is 2.29. The monoisotopic (exact) mass is 414 g/mol. The second kappa shape index (κ2) is 9.09. The molecule has 0 bridgehead atoms. The molecule has 1 aliphatic rings. The standard InChI is InChI=1S/C22H23ClN2O4/c1-14-8-9-18(11-19(14)23)25-12-17(10-21(25)27)22(28)29-13-20(26)24-15(2)16-6-4-3-5-7-16/h3-9,11,15,17H,10,12-13H2,1-2H3,(H,24,26)/t15-,17+/m0/s1. The van der Waals surface area contributed by atoms with Gasteiger partial charge in [-0.05, 0) is 37.1 Å². The molecule has 0 unspecified atom stereocenters. The molecular weight excluding hydrogens is 392 g/mol. The van der Waals surface area contributed by atoms with Crippen LogP contribution in [0.3, 0.4) is 0 Å². The van der Waals surface area contributed by atoms with Crippen LogP contribution in [0.4, 0.5) is 5.69 Å². The molecule has 0 radical (unpaired) electrons. The van der Waals surface area contributed by atoms with Crippen LogP contribution in [0, 0.1) is 12.8 Å². The first-order valence-electron chi connectivity index (χ1n) is 9.42. The second-order valence-electron chi connectivity index (χ2n) is 7.15. The summed E-state index contributed by atoms with van der Waals surface area (Å²) in [6.45, 7) is 3.56. The van der Waals surface area contributed by atoms with E-state index in [2.05, 4.69) is 5.32 Å². The van der Waals surface area contributed by atoms with Crippen LogP contribution in [-0.2, 0) is 19.1 Å². The molecule has 3 rings (SSSR count). The van der Waals surface area contributed by atoms with Gasteiger partial charge in [0.05, 0.1) is 12.0 Å². The highest BCUT2D eigenvalue weighted by molar-refractivity contribution is 6.31. The molecule has 0 aromatic heterocycles. The molecule has 6 nitrogen and oxygen atoms in total. The lowest BCUT2D eigenvalue weighted by Crippen LogP contribution is -2.32. The normalized spacial score (nSPS) is 17.1. The highest BCUT2D eigenvalue weighted by Gasteiger charge is 2.36. The van der Waals surface area contributed by atoms with Crippen molar-refractivity contribution in [3.8, 4) is 0 Å². The third-order valence-corrected chi connectivity index (χ3v) is 5.36. The Morgan fingerprint density at radius 3 is 2.66 bits per heavy atom. The average molecular weight is 415 g/mol. The maximum Gasteiger partial charge on any atom is 0.311 e. The van der Waals surface area contributed by atoms with Crippen LogP contribution in [0.15, 0.2) is 48.5 Å². The molecule has 7 heteroatoms. The Morgan fingerprint density at radius 2 is 1.97 bits per heavy atom. The quantitative estimate of drug-likeness (QED) is 0.735. The number of nitrogens with zero attached hydrogens (tertiary/aromatic N) is 1. The van der Waals surface area contributed by atoms with Gasteiger partial charge in [0.15, 0.2) is 6.61 Å². The summed E-state index contributed by atoms with van der Waals surface area (Å²) in [5.74, 6) is -1.72. The van der Waals surface area contributed by atoms with E-state index >= 15 is 0 Å². The fourth-order valence-corrected chi connectivity index (χ4v) is 3.40. The van der Waals surface area contributed by atoms with Crippen molar-refractivity contribution in [3.63, 3.8) is 0 Å². The van der Waals surface area contributed by atoms with Gasteiger partial charge in [-0.1, -0.05) is 48.0 Å². The largest absolute Gasteiger partial charge is 0.455 e. The van der Waals surface area contributed by atoms with E-state index in [1.807, 2.05) is 50.2 Å². The van der Waals surface area contributed by atoms with Crippen LogP contribution < -0.4 is 10.2 Å². The molecule has 2 aromatic carbocycles. The smallest absolute Gasteiger partial charge is 0.311 e. The molecule has 2 atom stereocenters. The van der Waals surface area contributed by atoms with Gasteiger partial charge in [-0.2, -0.15) is 0 Å². The summed E-state index contributed by atoms with van der Waals surface area (Å²) in [5.41, 5.74) is 2.52. The van der Waals surface area contributed by atoms with Crippen molar-refractivity contribution < 1.29 is 19.1 Å². The van der Waals surface area contributed by atoms with Crippen molar-refractivity contribution in [2.75, 3.05) is 18.1 Å². The third-order valence-electron chi connectivity index (χ3n) is 4.95. The number of rotatable bonds is 6. The first-order chi connectivity index (χ1) is 13.8. The third kappa shape index (κ3) is 5.15. The zero-order chi connectivity index (χ0) is 21.0. The minimum absolute atomic E-state index is 0.0480. The molecule has 0 aliphatic carbocycles. The lowest BCUT2D eigenvalue weighted by atomic mass is 10.1. The van der Waals surface area contributed by atoms with Gasteiger partial charge in [-0.25, -0.2) is 0 Å². The minimum Gasteiger partial charge on any atom is -0.455 e. The molecule has 1 saturated heterocycles. The van der Waals surface area contributed by atoms with E-state index in [4.69, 9.17) is 16.3 Å². The van der Waals surface area contributed by atoms with E-state index < -0.39 is 11.9 Å². The Balaban J connectivity index is 1.51. The molecule has 1 N–H and O–H groups in total. The number of hydrogen-bond donors (Lipinski definition) is 1. The lowest BCUT2D eigenvalue weighted by molar-refractivity contribution is -0.152. The number of carbonyl (C=O) groups excluding carboxylic acids is 3. The molecule has 152 valence electrons. The number of aryl methyl sites for hydroxylation is 1. The number of esters is 1. The highest BCUT2D eigenvalue weighted by atomic mass is 35.5. The molecule has 2 aromatic rings. The number of halogens is 1. The van der Waals surface area contributed by atoms with Gasteiger partial charge >= 0.3 is 5.97 Å². The van der Waals surface area contributed by atoms with E-state index in [0.717, 1.165) is 11.1 Å². The van der Waals surface area contributed by atoms with Crippen molar-refractivity contribution in [2.24, 2.45) is 5.92 Å². The zero-order valence-corrected chi connectivity index (χ0v) is 17.1. The topological polar surface area (TPSA) is 75.7 Å². The van der Waals surface area contributed by atoms with Crippen LogP contribution in [0.2, 0.25) is 5.02 Å². The summed E-state index contributed by atoms with van der Waals surface area (Å²) in [5, 5.41) is 3.35. The predicted octanol–water partition coefficient (Wildman–Crippen LogP) is 3.42. The van der Waals surface area contributed by atoms with Gasteiger partial charge in [0.2, 0.25) is 5.91 Å². The number of carbonyl (C=O) groups is 3. The van der Waals surface area contributed by atoms with E-state index in [1.54, 1.807) is 12.1 Å². The average Bonchev–Trinajstić information content (AvgIpc) is 3.10. The maximum atomic E-state index is 12.3. The van der Waals surface area contributed by atoms with E-state index in [0.29, 0.717) is 10.7 Å². The second-order valence-corrected chi connectivity index (χ2v) is 7.55. The predicted molar refractivity (Wildman–Crippen MR) is 111 cm³/mol. The molecular formula is C22H23ClN2O4. The lowest BCUT2D eigenvalue weighted by Gasteiger charge is -2.17. The van der Waals surface area contributed by atoms with Crippen LogP contribution in [0.1, 0.15) is 30.5 Å². The number of ether oxygens (including phenoxy) is 1. The maximum absolute atomic E-state index is 12.3. The van der Waals surface area contributed by atoms with Crippen LogP contribution >= 0.6 is 11.6 Å². The Labute approximate surface area is 174 Å². The van der Waals surface area contributed by atoms with Gasteiger partial charge in [0, 0.05) is 23.7 Å². The summed E-state index contributed by atoms with van der Waals surface area (Å²) in [6, 6.07) is 14.6. The van der Waals surface area contributed by atoms with E-state index in [9.17, 15) is 14.4 Å². The molecule has 2 amide bonds. The van der Waals surface area contributed by atoms with Gasteiger partial charge in [0.1, 0.15) is 0 Å². The molecule has 0 spiro atoms. The Bertz CT molecular complexity index is 916. The first kappa shape index (κ1) is 20.9. The minimum atomic E-state index is -0.609. The fourth-order valence-electron chi connectivity index (χ4n) is 3.23.